The maximum Gasteiger partial charge on any atom is 0.229 e. The van der Waals surface area contributed by atoms with Gasteiger partial charge in [-0.2, -0.15) is 5.10 Å². The summed E-state index contributed by atoms with van der Waals surface area (Å²) in [5.74, 6) is 0.682. The fraction of sp³-hybridized carbons (Fsp3) is 0.471. The molecule has 2 atom stereocenters. The van der Waals surface area contributed by atoms with Crippen molar-refractivity contribution in [2.24, 2.45) is 0 Å². The van der Waals surface area contributed by atoms with Crippen LogP contribution in [0.4, 0.5) is 11.5 Å². The Morgan fingerprint density at radius 3 is 3.11 bits per heavy atom. The number of halogens is 1. The first kappa shape index (κ1) is 17.8. The van der Waals surface area contributed by atoms with Gasteiger partial charge in [-0.25, -0.2) is 0 Å². The van der Waals surface area contributed by atoms with Gasteiger partial charge in [0.1, 0.15) is 12.2 Å². The zero-order valence-electron chi connectivity index (χ0n) is 15.2. The second-order valence-electron chi connectivity index (χ2n) is 7.38. The lowest BCUT2D eigenvalue weighted by molar-refractivity contribution is -0.225. The predicted octanol–water partition coefficient (Wildman–Crippen LogP) is 2.68. The molecule has 3 aromatic heterocycles. The summed E-state index contributed by atoms with van der Waals surface area (Å²) >= 11 is 5.95. The van der Waals surface area contributed by atoms with Crippen molar-refractivity contribution in [3.05, 3.63) is 35.4 Å². The van der Waals surface area contributed by atoms with E-state index in [4.69, 9.17) is 26.0 Å². The Kier molecular flexibility index (Phi) is 4.44. The van der Waals surface area contributed by atoms with Gasteiger partial charge in [-0.1, -0.05) is 5.64 Å². The van der Waals surface area contributed by atoms with Crippen molar-refractivity contribution in [1.29, 1.82) is 0 Å². The number of rotatable bonds is 7. The number of fused-ring (bicyclic) bond motifs is 1. The van der Waals surface area contributed by atoms with Crippen molar-refractivity contribution >= 4 is 28.8 Å². The Balaban J connectivity index is 1.17. The van der Waals surface area contributed by atoms with Crippen molar-refractivity contribution in [1.82, 2.24) is 30.4 Å². The van der Waals surface area contributed by atoms with Crippen LogP contribution < -0.4 is 11.0 Å². The Labute approximate surface area is 165 Å². The van der Waals surface area contributed by atoms with E-state index in [0.717, 1.165) is 24.2 Å². The first-order chi connectivity index (χ1) is 13.6. The number of nitrogens with one attached hydrogen (secondary N) is 3. The van der Waals surface area contributed by atoms with E-state index in [1.165, 1.54) is 0 Å². The number of aromatic amines is 1. The van der Waals surface area contributed by atoms with Gasteiger partial charge in [0.25, 0.3) is 0 Å². The van der Waals surface area contributed by atoms with Gasteiger partial charge in [-0.15, -0.1) is 10.2 Å². The van der Waals surface area contributed by atoms with E-state index in [9.17, 15) is 0 Å². The molecule has 1 aliphatic carbocycles. The van der Waals surface area contributed by atoms with Crippen LogP contribution in [-0.2, 0) is 14.4 Å². The monoisotopic (exact) mass is 405 g/mol. The Morgan fingerprint density at radius 1 is 1.36 bits per heavy atom. The van der Waals surface area contributed by atoms with Crippen LogP contribution >= 0.6 is 11.6 Å². The van der Waals surface area contributed by atoms with Crippen molar-refractivity contribution < 1.29 is 14.4 Å². The molecule has 3 aromatic rings. The largest absolute Gasteiger partial charge is 0.369 e. The fourth-order valence-corrected chi connectivity index (χ4v) is 3.20. The van der Waals surface area contributed by atoms with Crippen LogP contribution in [0.2, 0.25) is 5.28 Å². The van der Waals surface area contributed by atoms with Crippen LogP contribution in [0.5, 0.6) is 0 Å². The van der Waals surface area contributed by atoms with Gasteiger partial charge in [0.2, 0.25) is 5.28 Å². The summed E-state index contributed by atoms with van der Waals surface area (Å²) < 4.78 is 7.51. The summed E-state index contributed by atoms with van der Waals surface area (Å²) in [7, 11) is 0. The molecule has 0 amide bonds. The number of ether oxygens (including phenoxy) is 1. The van der Waals surface area contributed by atoms with Crippen molar-refractivity contribution in [3.63, 3.8) is 0 Å². The molecule has 0 radical (unpaired) electrons. The van der Waals surface area contributed by atoms with Crippen molar-refractivity contribution in [3.8, 4) is 0 Å². The molecule has 11 heteroatoms. The highest BCUT2D eigenvalue weighted by Gasteiger charge is 2.40. The first-order valence-electron chi connectivity index (χ1n) is 9.11. The molecule has 0 aromatic carbocycles. The average molecular weight is 406 g/mol. The normalized spacial score (nSPS) is 23.4. The van der Waals surface area contributed by atoms with Gasteiger partial charge in [0, 0.05) is 30.4 Å². The van der Waals surface area contributed by atoms with E-state index in [1.807, 2.05) is 25.1 Å². The first-order valence-corrected chi connectivity index (χ1v) is 9.49. The minimum absolute atomic E-state index is 0.0767. The van der Waals surface area contributed by atoms with Crippen LogP contribution in [-0.4, -0.2) is 43.1 Å². The van der Waals surface area contributed by atoms with Gasteiger partial charge in [-0.3, -0.25) is 19.2 Å². The molecular weight excluding hydrogens is 386 g/mol. The summed E-state index contributed by atoms with van der Waals surface area (Å²) in [6.45, 7) is 2.54. The molecule has 1 saturated carbocycles. The molecular formula is C17H20ClN7O3. The number of anilines is 2. The maximum atomic E-state index is 5.95. The van der Waals surface area contributed by atoms with Crippen molar-refractivity contribution in [2.75, 3.05) is 11.9 Å². The Bertz CT molecular complexity index is 986. The van der Waals surface area contributed by atoms with Crippen molar-refractivity contribution in [2.45, 2.75) is 44.0 Å². The second-order valence-corrected chi connectivity index (χ2v) is 7.72. The zero-order valence-corrected chi connectivity index (χ0v) is 15.9. The molecule has 5 rings (SSSR count). The molecule has 0 bridgehead atoms. The lowest BCUT2D eigenvalue weighted by Crippen LogP contribution is -2.28. The number of hydrogen-bond donors (Lipinski definition) is 3. The van der Waals surface area contributed by atoms with E-state index in [0.29, 0.717) is 29.8 Å². The summed E-state index contributed by atoms with van der Waals surface area (Å²) in [4.78, 5) is 11.0. The molecule has 2 fully saturated rings. The quantitative estimate of drug-likeness (QED) is 0.514. The summed E-state index contributed by atoms with van der Waals surface area (Å²) in [6.07, 6.45) is 4.42. The highest BCUT2D eigenvalue weighted by atomic mass is 35.5. The van der Waals surface area contributed by atoms with Gasteiger partial charge >= 0.3 is 0 Å². The molecule has 10 nitrogen and oxygen atoms in total. The average Bonchev–Trinajstić information content (AvgIpc) is 3.09. The van der Waals surface area contributed by atoms with E-state index in [1.54, 1.807) is 10.6 Å². The lowest BCUT2D eigenvalue weighted by Gasteiger charge is -2.14. The third-order valence-electron chi connectivity index (χ3n) is 5.00. The molecule has 1 aliphatic heterocycles. The van der Waals surface area contributed by atoms with Crippen LogP contribution in [0.25, 0.3) is 5.65 Å². The number of hydrogen-bond acceptors (Lipinski definition) is 8. The third kappa shape index (κ3) is 3.69. The molecule has 148 valence electrons. The number of nitrogens with zero attached hydrogens (tertiary/aromatic N) is 4. The highest BCUT2D eigenvalue weighted by molar-refractivity contribution is 6.28. The number of aromatic nitrogens is 5. The summed E-state index contributed by atoms with van der Waals surface area (Å²) in [6, 6.07) is 5.64. The van der Waals surface area contributed by atoms with Crippen LogP contribution in [0.1, 0.15) is 38.0 Å². The fourth-order valence-electron chi connectivity index (χ4n) is 3.02. The maximum absolute atomic E-state index is 5.95. The van der Waals surface area contributed by atoms with Gasteiger partial charge in [-0.05, 0) is 37.4 Å². The van der Waals surface area contributed by atoms with E-state index in [2.05, 4.69) is 31.4 Å². The topological polar surface area (TPSA) is 111 Å². The summed E-state index contributed by atoms with van der Waals surface area (Å²) in [5.41, 5.74) is 4.90. The minimum atomic E-state index is -0.107. The summed E-state index contributed by atoms with van der Waals surface area (Å²) in [5, 5.41) is 18.7. The highest BCUT2D eigenvalue weighted by Crippen LogP contribution is 2.38. The third-order valence-corrected chi connectivity index (χ3v) is 5.26. The molecule has 1 saturated heterocycles. The van der Waals surface area contributed by atoms with Gasteiger partial charge < -0.3 is 10.1 Å². The lowest BCUT2D eigenvalue weighted by atomic mass is 10.1. The zero-order chi connectivity index (χ0) is 19.1. The molecule has 2 unspecified atom stereocenters. The van der Waals surface area contributed by atoms with Gasteiger partial charge in [0.05, 0.1) is 17.9 Å². The molecule has 3 N–H and O–H groups in total. The molecule has 28 heavy (non-hydrogen) atoms. The minimum Gasteiger partial charge on any atom is -0.369 e. The Hall–Kier alpha value is -2.24. The standard InChI is InChI=1S/C17H20ClN7O3/c1-17(3-4-17)28-24-27-11-7-13(26-9-11)12-8-14(21-20-12)19-10-2-5-25-15(6-10)22-23-16(25)18/h2,5-6,8,11,13,24H,3-4,7,9H2,1H3,(H2,19,20,21). The molecule has 0 spiro atoms. The SMILES string of the molecule is CC1(ONOC2COC(c3cc(Nc4ccn5c(Cl)nnc5c4)n[nH]3)C2)CC1. The van der Waals surface area contributed by atoms with Crippen LogP contribution in [0.3, 0.4) is 0 Å². The predicted molar refractivity (Wildman–Crippen MR) is 99.9 cm³/mol. The second kappa shape index (κ2) is 6.98. The van der Waals surface area contributed by atoms with E-state index in [-0.39, 0.29) is 17.8 Å². The molecule has 2 aliphatic rings. The smallest absolute Gasteiger partial charge is 0.229 e. The van der Waals surface area contributed by atoms with Crippen LogP contribution in [0, 0.1) is 0 Å². The Morgan fingerprint density at radius 2 is 2.25 bits per heavy atom. The van der Waals surface area contributed by atoms with Gasteiger partial charge in [0.15, 0.2) is 11.5 Å². The molecule has 4 heterocycles. The van der Waals surface area contributed by atoms with E-state index < -0.39 is 0 Å². The van der Waals surface area contributed by atoms with E-state index >= 15 is 0 Å². The number of pyridine rings is 1. The number of H-pyrrole nitrogens is 1. The van der Waals surface area contributed by atoms with Crippen LogP contribution in [0.15, 0.2) is 24.4 Å².